The summed E-state index contributed by atoms with van der Waals surface area (Å²) in [6.45, 7) is 0. The summed E-state index contributed by atoms with van der Waals surface area (Å²) < 4.78 is 12.4. The summed E-state index contributed by atoms with van der Waals surface area (Å²) in [6.07, 6.45) is 5.35. The maximum atomic E-state index is 12.4. The van der Waals surface area contributed by atoms with E-state index < -0.39 is 10.8 Å². The van der Waals surface area contributed by atoms with Crippen LogP contribution >= 0.6 is 11.6 Å². The summed E-state index contributed by atoms with van der Waals surface area (Å²) in [6, 6.07) is 5.27. The molecule has 2 nitrogen and oxygen atoms in total. The van der Waals surface area contributed by atoms with Gasteiger partial charge in [-0.25, -0.2) is 0 Å². The molecule has 0 radical (unpaired) electrons. The second kappa shape index (κ2) is 4.86. The Hall–Kier alpha value is -0.540. The van der Waals surface area contributed by atoms with E-state index in [0.29, 0.717) is 16.6 Å². The van der Waals surface area contributed by atoms with E-state index >= 15 is 0 Å². The van der Waals surface area contributed by atoms with Crippen LogP contribution in [-0.4, -0.2) is 9.96 Å². The van der Waals surface area contributed by atoms with Gasteiger partial charge in [-0.15, -0.1) is 0 Å². The molecule has 1 aromatic rings. The Kier molecular flexibility index (Phi) is 3.37. The second-order valence-corrected chi connectivity index (χ2v) is 7.53. The van der Waals surface area contributed by atoms with Gasteiger partial charge in [-0.2, -0.15) is 0 Å². The van der Waals surface area contributed by atoms with E-state index in [1.807, 2.05) is 0 Å². The summed E-state index contributed by atoms with van der Waals surface area (Å²) in [5.74, 6) is 3.12. The highest BCUT2D eigenvalue weighted by Crippen LogP contribution is 2.48. The fourth-order valence-electron chi connectivity index (χ4n) is 3.59. The van der Waals surface area contributed by atoms with Crippen LogP contribution in [0.5, 0.6) is 0 Å². The average Bonchev–Trinajstić information content (AvgIpc) is 2.90. The topological polar surface area (TPSA) is 43.1 Å². The first-order valence-corrected chi connectivity index (χ1v) is 8.26. The van der Waals surface area contributed by atoms with Gasteiger partial charge in [0.15, 0.2) is 0 Å². The number of hydrogen-bond acceptors (Lipinski definition) is 2. The molecular formula is C14H18ClNOS. The van der Waals surface area contributed by atoms with Crippen LogP contribution in [0.3, 0.4) is 0 Å². The Morgan fingerprint density at radius 2 is 2.17 bits per heavy atom. The van der Waals surface area contributed by atoms with E-state index in [1.54, 1.807) is 18.2 Å². The molecule has 2 N–H and O–H groups in total. The highest BCUT2D eigenvalue weighted by molar-refractivity contribution is 7.85. The minimum Gasteiger partial charge on any atom is -0.398 e. The first kappa shape index (κ1) is 12.5. The predicted octanol–water partition coefficient (Wildman–Crippen LogP) is 3.47. The number of anilines is 1. The monoisotopic (exact) mass is 283 g/mol. The molecule has 2 aliphatic rings. The van der Waals surface area contributed by atoms with Crippen molar-refractivity contribution in [3.05, 3.63) is 23.2 Å². The van der Waals surface area contributed by atoms with Crippen LogP contribution in [-0.2, 0) is 10.8 Å². The number of hydrogen-bond donors (Lipinski definition) is 1. The molecule has 3 rings (SSSR count). The quantitative estimate of drug-likeness (QED) is 0.863. The van der Waals surface area contributed by atoms with Crippen LogP contribution in [0.2, 0.25) is 5.02 Å². The number of benzene rings is 1. The molecule has 2 fully saturated rings. The van der Waals surface area contributed by atoms with Gasteiger partial charge in [-0.3, -0.25) is 4.21 Å². The van der Waals surface area contributed by atoms with Gasteiger partial charge in [0.25, 0.3) is 0 Å². The maximum Gasteiger partial charge on any atom is 0.0618 e. The van der Waals surface area contributed by atoms with E-state index in [4.69, 9.17) is 17.3 Å². The van der Waals surface area contributed by atoms with Crippen molar-refractivity contribution >= 4 is 28.1 Å². The summed E-state index contributed by atoms with van der Waals surface area (Å²) in [5, 5.41) is 0.605. The number of halogens is 1. The highest BCUT2D eigenvalue weighted by Gasteiger charge is 2.40. The molecule has 4 atom stereocenters. The fourth-order valence-corrected chi connectivity index (χ4v) is 5.29. The lowest BCUT2D eigenvalue weighted by Crippen LogP contribution is -2.18. The molecule has 2 saturated carbocycles. The molecule has 2 aliphatic carbocycles. The summed E-state index contributed by atoms with van der Waals surface area (Å²) in [4.78, 5) is 0.752. The SMILES string of the molecule is Nc1cc(Cl)ccc1S(=O)CC1CC2CCC1C2. The standard InChI is InChI=1S/C14H18ClNOS/c15-12-3-4-14(13(16)7-12)18(17)8-11-6-9-1-2-10(11)5-9/h3-4,7,9-11H,1-2,5-6,8,16H2. The fraction of sp³-hybridized carbons (Fsp3) is 0.571. The van der Waals surface area contributed by atoms with Crippen LogP contribution in [0.4, 0.5) is 5.69 Å². The highest BCUT2D eigenvalue weighted by atomic mass is 35.5. The third-order valence-corrected chi connectivity index (χ3v) is 6.30. The largest absolute Gasteiger partial charge is 0.398 e. The van der Waals surface area contributed by atoms with Crippen molar-refractivity contribution in [2.24, 2.45) is 17.8 Å². The van der Waals surface area contributed by atoms with Gasteiger partial charge in [0.05, 0.1) is 15.7 Å². The van der Waals surface area contributed by atoms with Crippen LogP contribution in [0.15, 0.2) is 23.1 Å². The molecule has 4 heteroatoms. The Bertz CT molecular complexity index is 491. The number of nitrogen functional groups attached to an aromatic ring is 1. The van der Waals surface area contributed by atoms with Crippen molar-refractivity contribution < 1.29 is 4.21 Å². The molecule has 0 aromatic heterocycles. The minimum atomic E-state index is -0.978. The van der Waals surface area contributed by atoms with Crippen LogP contribution in [0, 0.1) is 17.8 Å². The Morgan fingerprint density at radius 3 is 2.78 bits per heavy atom. The Labute approximate surface area is 115 Å². The minimum absolute atomic E-state index is 0.559. The van der Waals surface area contributed by atoms with Crippen molar-refractivity contribution in [2.75, 3.05) is 11.5 Å². The lowest BCUT2D eigenvalue weighted by molar-refractivity contribution is 0.363. The molecule has 2 bridgehead atoms. The molecule has 0 aliphatic heterocycles. The van der Waals surface area contributed by atoms with Gasteiger partial charge in [0.2, 0.25) is 0 Å². The van der Waals surface area contributed by atoms with E-state index in [-0.39, 0.29) is 0 Å². The molecule has 98 valence electrons. The summed E-state index contributed by atoms with van der Waals surface area (Å²) in [5.41, 5.74) is 6.45. The lowest BCUT2D eigenvalue weighted by Gasteiger charge is -2.21. The smallest absolute Gasteiger partial charge is 0.0618 e. The molecule has 18 heavy (non-hydrogen) atoms. The maximum absolute atomic E-state index is 12.4. The zero-order chi connectivity index (χ0) is 12.7. The molecule has 1 aromatic carbocycles. The number of nitrogens with two attached hydrogens (primary N) is 1. The third kappa shape index (κ3) is 2.30. The van der Waals surface area contributed by atoms with Crippen molar-refractivity contribution in [1.29, 1.82) is 0 Å². The van der Waals surface area contributed by atoms with Crippen molar-refractivity contribution in [3.8, 4) is 0 Å². The molecule has 4 unspecified atom stereocenters. The zero-order valence-corrected chi connectivity index (χ0v) is 11.8. The van der Waals surface area contributed by atoms with Gasteiger partial charge in [0.1, 0.15) is 0 Å². The molecule has 0 saturated heterocycles. The molecular weight excluding hydrogens is 266 g/mol. The van der Waals surface area contributed by atoms with Crippen molar-refractivity contribution in [1.82, 2.24) is 0 Å². The van der Waals surface area contributed by atoms with E-state index in [9.17, 15) is 4.21 Å². The van der Waals surface area contributed by atoms with Crippen LogP contribution in [0.1, 0.15) is 25.7 Å². The molecule has 0 heterocycles. The normalized spacial score (nSPS) is 31.7. The van der Waals surface area contributed by atoms with Gasteiger partial charge in [-0.1, -0.05) is 18.0 Å². The zero-order valence-electron chi connectivity index (χ0n) is 10.3. The van der Waals surface area contributed by atoms with E-state index in [0.717, 1.165) is 22.5 Å². The summed E-state index contributed by atoms with van der Waals surface area (Å²) in [7, 11) is -0.978. The van der Waals surface area contributed by atoms with Crippen LogP contribution in [0.25, 0.3) is 0 Å². The lowest BCUT2D eigenvalue weighted by atomic mass is 9.90. The Morgan fingerprint density at radius 1 is 1.33 bits per heavy atom. The van der Waals surface area contributed by atoms with Gasteiger partial charge < -0.3 is 5.73 Å². The van der Waals surface area contributed by atoms with Crippen molar-refractivity contribution in [3.63, 3.8) is 0 Å². The van der Waals surface area contributed by atoms with Gasteiger partial charge >= 0.3 is 0 Å². The van der Waals surface area contributed by atoms with Crippen molar-refractivity contribution in [2.45, 2.75) is 30.6 Å². The third-order valence-electron chi connectivity index (χ3n) is 4.47. The first-order chi connectivity index (χ1) is 8.63. The van der Waals surface area contributed by atoms with E-state index in [1.165, 1.54) is 25.7 Å². The van der Waals surface area contributed by atoms with Gasteiger partial charge in [0, 0.05) is 16.5 Å². The average molecular weight is 284 g/mol. The van der Waals surface area contributed by atoms with E-state index in [2.05, 4.69) is 0 Å². The Balaban J connectivity index is 1.71. The summed E-state index contributed by atoms with van der Waals surface area (Å²) >= 11 is 5.86. The second-order valence-electron chi connectivity index (χ2n) is 5.63. The van der Waals surface area contributed by atoms with Gasteiger partial charge in [-0.05, 0) is 55.2 Å². The molecule has 0 amide bonds. The number of rotatable bonds is 3. The van der Waals surface area contributed by atoms with Crippen LogP contribution < -0.4 is 5.73 Å². The first-order valence-electron chi connectivity index (χ1n) is 6.57. The predicted molar refractivity (Wildman–Crippen MR) is 76.1 cm³/mol. The molecule has 0 spiro atoms. The number of fused-ring (bicyclic) bond motifs is 2.